The minimum absolute atomic E-state index is 0.281. The van der Waals surface area contributed by atoms with Crippen molar-refractivity contribution >= 4 is 30.8 Å². The normalized spacial score (nSPS) is 14.2. The second kappa shape index (κ2) is 10.5. The van der Waals surface area contributed by atoms with Crippen molar-refractivity contribution in [3.8, 4) is 0 Å². The molecule has 33 heavy (non-hydrogen) atoms. The maximum absolute atomic E-state index is 12.7. The van der Waals surface area contributed by atoms with Crippen molar-refractivity contribution in [1.29, 1.82) is 0 Å². The molecular formula is C26H37NO5Si. The summed E-state index contributed by atoms with van der Waals surface area (Å²) in [5, 5.41) is 4.54. The monoisotopic (exact) mass is 471 g/mol. The van der Waals surface area contributed by atoms with Gasteiger partial charge in [0.15, 0.2) is 6.04 Å². The number of esters is 1. The maximum Gasteiger partial charge on any atom is 0.408 e. The lowest BCUT2D eigenvalue weighted by Gasteiger charge is -2.45. The molecule has 1 N–H and O–H groups in total. The van der Waals surface area contributed by atoms with Gasteiger partial charge in [-0.25, -0.2) is 9.59 Å². The van der Waals surface area contributed by atoms with Crippen LogP contribution in [0.25, 0.3) is 0 Å². The van der Waals surface area contributed by atoms with Crippen LogP contribution in [0.1, 0.15) is 48.5 Å². The summed E-state index contributed by atoms with van der Waals surface area (Å²) < 4.78 is 17.3. The van der Waals surface area contributed by atoms with Crippen LogP contribution in [0.4, 0.5) is 4.79 Å². The molecule has 0 fully saturated rings. The van der Waals surface area contributed by atoms with E-state index in [1.165, 1.54) is 7.11 Å². The largest absolute Gasteiger partial charge is 0.467 e. The molecule has 0 aliphatic carbocycles. The van der Waals surface area contributed by atoms with Gasteiger partial charge < -0.3 is 19.2 Å². The van der Waals surface area contributed by atoms with Crippen LogP contribution in [-0.4, -0.2) is 45.2 Å². The molecule has 0 saturated carbocycles. The van der Waals surface area contributed by atoms with Crippen molar-refractivity contribution in [2.24, 2.45) is 0 Å². The summed E-state index contributed by atoms with van der Waals surface area (Å²) in [6.07, 6.45) is -1.38. The Morgan fingerprint density at radius 2 is 1.30 bits per heavy atom. The Hall–Kier alpha value is -2.64. The van der Waals surface area contributed by atoms with E-state index in [1.54, 1.807) is 27.7 Å². The van der Waals surface area contributed by atoms with Gasteiger partial charge in [-0.05, 0) is 43.1 Å². The van der Waals surface area contributed by atoms with Crippen LogP contribution in [0.2, 0.25) is 5.04 Å². The summed E-state index contributed by atoms with van der Waals surface area (Å²) in [6.45, 7) is 13.5. The van der Waals surface area contributed by atoms with E-state index in [9.17, 15) is 9.59 Å². The number of benzene rings is 2. The van der Waals surface area contributed by atoms with Crippen molar-refractivity contribution in [2.45, 2.75) is 71.3 Å². The Balaban J connectivity index is 2.55. The molecule has 2 aromatic rings. The van der Waals surface area contributed by atoms with Crippen molar-refractivity contribution in [3.05, 3.63) is 60.7 Å². The molecule has 2 unspecified atom stereocenters. The van der Waals surface area contributed by atoms with Gasteiger partial charge in [-0.2, -0.15) is 0 Å². The Labute approximate surface area is 198 Å². The van der Waals surface area contributed by atoms with Crippen LogP contribution in [0.3, 0.4) is 0 Å². The molecule has 6 nitrogen and oxygen atoms in total. The minimum atomic E-state index is -2.93. The standard InChI is InChI=1S/C26H37NO5Si/c1-19(22(23(28)30-8)27-24(29)31-25(2,3)4)32-33(26(5,6)7,20-15-11-9-12-16-20)21-17-13-10-14-18-21/h9-19,22H,1-8H3,(H,27,29). The van der Waals surface area contributed by atoms with E-state index >= 15 is 0 Å². The fourth-order valence-electron chi connectivity index (χ4n) is 3.97. The first kappa shape index (κ1) is 26.6. The number of ether oxygens (including phenoxy) is 2. The van der Waals surface area contributed by atoms with Crippen LogP contribution >= 0.6 is 0 Å². The van der Waals surface area contributed by atoms with E-state index in [1.807, 2.05) is 36.4 Å². The van der Waals surface area contributed by atoms with Gasteiger partial charge in [0.2, 0.25) is 0 Å². The number of nitrogens with one attached hydrogen (secondary N) is 1. The average molecular weight is 472 g/mol. The van der Waals surface area contributed by atoms with Crippen LogP contribution < -0.4 is 15.7 Å². The Morgan fingerprint density at radius 3 is 1.67 bits per heavy atom. The van der Waals surface area contributed by atoms with Crippen molar-refractivity contribution in [1.82, 2.24) is 5.32 Å². The smallest absolute Gasteiger partial charge is 0.408 e. The molecule has 0 heterocycles. The fourth-order valence-corrected chi connectivity index (χ4v) is 8.68. The predicted molar refractivity (Wildman–Crippen MR) is 133 cm³/mol. The zero-order valence-corrected chi connectivity index (χ0v) is 22.0. The minimum Gasteiger partial charge on any atom is -0.467 e. The van der Waals surface area contributed by atoms with Crippen LogP contribution in [0.15, 0.2) is 60.7 Å². The van der Waals surface area contributed by atoms with Gasteiger partial charge in [-0.1, -0.05) is 81.4 Å². The third kappa shape index (κ3) is 6.45. The molecule has 2 aromatic carbocycles. The summed E-state index contributed by atoms with van der Waals surface area (Å²) >= 11 is 0. The van der Waals surface area contributed by atoms with Gasteiger partial charge in [0.1, 0.15) is 5.60 Å². The first-order chi connectivity index (χ1) is 15.3. The highest BCUT2D eigenvalue weighted by atomic mass is 28.4. The molecule has 0 aliphatic heterocycles. The topological polar surface area (TPSA) is 73.9 Å². The molecule has 7 heteroatoms. The molecule has 0 spiro atoms. The summed E-state index contributed by atoms with van der Waals surface area (Å²) in [5.74, 6) is -0.591. The number of amides is 1. The maximum atomic E-state index is 12.7. The third-order valence-electron chi connectivity index (χ3n) is 5.38. The number of carbonyl (C=O) groups excluding carboxylic acids is 2. The van der Waals surface area contributed by atoms with Gasteiger partial charge in [-0.15, -0.1) is 0 Å². The van der Waals surface area contributed by atoms with E-state index < -0.39 is 38.1 Å². The van der Waals surface area contributed by atoms with Crippen LogP contribution in [-0.2, 0) is 18.7 Å². The number of hydrogen-bond donors (Lipinski definition) is 1. The lowest BCUT2D eigenvalue weighted by Crippen LogP contribution is -2.69. The van der Waals surface area contributed by atoms with Gasteiger partial charge in [0.25, 0.3) is 8.32 Å². The average Bonchev–Trinajstić information content (AvgIpc) is 2.74. The summed E-state index contributed by atoms with van der Waals surface area (Å²) in [4.78, 5) is 25.2. The molecule has 0 aliphatic rings. The summed E-state index contributed by atoms with van der Waals surface area (Å²) in [5.41, 5.74) is -0.702. The summed E-state index contributed by atoms with van der Waals surface area (Å²) in [7, 11) is -1.64. The third-order valence-corrected chi connectivity index (χ3v) is 10.5. The van der Waals surface area contributed by atoms with E-state index in [-0.39, 0.29) is 5.04 Å². The lowest BCUT2D eigenvalue weighted by molar-refractivity contribution is -0.145. The van der Waals surface area contributed by atoms with E-state index in [2.05, 4.69) is 50.4 Å². The number of rotatable bonds is 7. The van der Waals surface area contributed by atoms with Crippen molar-refractivity contribution in [3.63, 3.8) is 0 Å². The molecule has 0 saturated heterocycles. The highest BCUT2D eigenvalue weighted by Gasteiger charge is 2.52. The number of carbonyl (C=O) groups is 2. The Kier molecular flexibility index (Phi) is 8.49. The molecule has 1 amide bonds. The van der Waals surface area contributed by atoms with E-state index in [0.717, 1.165) is 10.4 Å². The second-order valence-corrected chi connectivity index (χ2v) is 14.4. The highest BCUT2D eigenvalue weighted by molar-refractivity contribution is 6.99. The van der Waals surface area contributed by atoms with Crippen LogP contribution in [0.5, 0.6) is 0 Å². The molecule has 0 bridgehead atoms. The van der Waals surface area contributed by atoms with Gasteiger partial charge >= 0.3 is 12.1 Å². The van der Waals surface area contributed by atoms with Gasteiger partial charge in [0.05, 0.1) is 13.2 Å². The van der Waals surface area contributed by atoms with Crippen molar-refractivity contribution < 1.29 is 23.5 Å². The molecule has 0 radical (unpaired) electrons. The molecular weight excluding hydrogens is 434 g/mol. The zero-order chi connectivity index (χ0) is 24.9. The zero-order valence-electron chi connectivity index (χ0n) is 21.0. The fraction of sp³-hybridized carbons (Fsp3) is 0.462. The van der Waals surface area contributed by atoms with Gasteiger partial charge in [-0.3, -0.25) is 0 Å². The highest BCUT2D eigenvalue weighted by Crippen LogP contribution is 2.37. The molecule has 2 rings (SSSR count). The SMILES string of the molecule is COC(=O)C(NC(=O)OC(C)(C)C)C(C)O[Si](c1ccccc1)(c1ccccc1)C(C)(C)C. The quantitative estimate of drug-likeness (QED) is 0.488. The van der Waals surface area contributed by atoms with Crippen LogP contribution in [0, 0.1) is 0 Å². The number of alkyl carbamates (subject to hydrolysis) is 1. The lowest BCUT2D eigenvalue weighted by atomic mass is 10.2. The summed E-state index contributed by atoms with van der Waals surface area (Å²) in [6, 6.07) is 19.2. The van der Waals surface area contributed by atoms with Crippen molar-refractivity contribution in [2.75, 3.05) is 7.11 Å². The first-order valence-electron chi connectivity index (χ1n) is 11.2. The second-order valence-electron chi connectivity index (χ2n) is 10.1. The molecule has 180 valence electrons. The van der Waals surface area contributed by atoms with E-state index in [4.69, 9.17) is 13.9 Å². The number of methoxy groups -OCH3 is 1. The predicted octanol–water partition coefficient (Wildman–Crippen LogP) is 4.02. The Morgan fingerprint density at radius 1 is 0.848 bits per heavy atom. The molecule has 2 atom stereocenters. The van der Waals surface area contributed by atoms with Gasteiger partial charge in [0, 0.05) is 0 Å². The molecule has 0 aromatic heterocycles. The first-order valence-corrected chi connectivity index (χ1v) is 13.1. The van der Waals surface area contributed by atoms with E-state index in [0.29, 0.717) is 0 Å². The number of hydrogen-bond acceptors (Lipinski definition) is 5. The Bertz CT molecular complexity index is 880.